The minimum atomic E-state index is -0.826. The fourth-order valence-electron chi connectivity index (χ4n) is 4.69. The molecular weight excluding hydrogens is 462 g/mol. The van der Waals surface area contributed by atoms with Crippen molar-refractivity contribution in [2.24, 2.45) is 5.92 Å². The topological polar surface area (TPSA) is 0 Å². The van der Waals surface area contributed by atoms with Gasteiger partial charge in [0.25, 0.3) is 0 Å². The van der Waals surface area contributed by atoms with Crippen molar-refractivity contribution >= 4 is 33.9 Å². The van der Waals surface area contributed by atoms with E-state index in [-0.39, 0.29) is 0 Å². The van der Waals surface area contributed by atoms with Crippen LogP contribution >= 0.6 is 17.0 Å². The molecule has 3 heteroatoms. The molecule has 2 aliphatic rings. The fraction of sp³-hybridized carbons (Fsp3) is 0.280. The number of hydrogen-bond donors (Lipinski definition) is 0. The van der Waals surface area contributed by atoms with Crippen LogP contribution in [-0.4, -0.2) is 0 Å². The Morgan fingerprint density at radius 3 is 2.32 bits per heavy atom. The molecule has 3 aromatic carbocycles. The third-order valence-corrected chi connectivity index (χ3v) is 6.33. The van der Waals surface area contributed by atoms with Gasteiger partial charge in [-0.15, -0.1) is 0 Å². The van der Waals surface area contributed by atoms with Gasteiger partial charge in [-0.25, -0.2) is 0 Å². The van der Waals surface area contributed by atoms with Crippen molar-refractivity contribution in [3.05, 3.63) is 76.4 Å². The zero-order valence-corrected chi connectivity index (χ0v) is 20.3. The second-order valence-corrected chi connectivity index (χ2v) is 11.5. The molecule has 5 rings (SSSR count). The Balaban J connectivity index is 0.000000604. The van der Waals surface area contributed by atoms with Gasteiger partial charge in [-0.2, -0.15) is 0 Å². The fourth-order valence-corrected chi connectivity index (χ4v) is 4.69. The van der Waals surface area contributed by atoms with Gasteiger partial charge < -0.3 is 0 Å². The molecule has 0 spiro atoms. The normalized spacial score (nSPS) is 14.9. The zero-order chi connectivity index (χ0) is 19.7. The summed E-state index contributed by atoms with van der Waals surface area (Å²) in [5, 5.41) is 2.95. The molecule has 0 aliphatic heterocycles. The van der Waals surface area contributed by atoms with Crippen molar-refractivity contribution in [1.29, 1.82) is 0 Å². The number of allylic oxidation sites excluding steroid dienone is 1. The summed E-state index contributed by atoms with van der Waals surface area (Å²) in [6.45, 7) is 4.65. The van der Waals surface area contributed by atoms with E-state index in [9.17, 15) is 0 Å². The summed E-state index contributed by atoms with van der Waals surface area (Å²) in [5.41, 5.74) is 10.4. The van der Waals surface area contributed by atoms with Gasteiger partial charge in [0.1, 0.15) is 0 Å². The Morgan fingerprint density at radius 1 is 0.893 bits per heavy atom. The molecule has 0 saturated carbocycles. The Hall–Kier alpha value is -0.877. The number of benzene rings is 3. The molecule has 0 saturated heterocycles. The predicted octanol–water partition coefficient (Wildman–Crippen LogP) is 7.97. The number of hydrogen-bond acceptors (Lipinski definition) is 0. The van der Waals surface area contributed by atoms with E-state index in [1.54, 1.807) is 5.57 Å². The summed E-state index contributed by atoms with van der Waals surface area (Å²) in [7, 11) is 9.87. The van der Waals surface area contributed by atoms with E-state index in [2.05, 4.69) is 68.5 Å². The molecule has 28 heavy (non-hydrogen) atoms. The number of aryl methyl sites for hydroxylation is 2. The van der Waals surface area contributed by atoms with Gasteiger partial charge in [-0.3, -0.25) is 0 Å². The van der Waals surface area contributed by atoms with Gasteiger partial charge >= 0.3 is 37.9 Å². The van der Waals surface area contributed by atoms with Gasteiger partial charge in [0.2, 0.25) is 0 Å². The van der Waals surface area contributed by atoms with Crippen molar-refractivity contribution in [3.63, 3.8) is 0 Å². The molecule has 1 atom stereocenters. The Bertz CT molecular complexity index is 1040. The molecule has 0 bridgehead atoms. The first kappa shape index (κ1) is 20.4. The van der Waals surface area contributed by atoms with Crippen LogP contribution in [0.5, 0.6) is 0 Å². The first-order valence-corrected chi connectivity index (χ1v) is 16.3. The van der Waals surface area contributed by atoms with Gasteiger partial charge in [0.05, 0.1) is 0 Å². The Morgan fingerprint density at radius 2 is 1.57 bits per heavy atom. The SMILES string of the molecule is CCC(C)C1=Cc2c(cccc2-c2ccc3c4c(cccc24)CC3)C1.[Cl][Zr][Cl]. The van der Waals surface area contributed by atoms with Crippen LogP contribution < -0.4 is 0 Å². The standard InChI is InChI=1S/C25H24.2ClH.Zr/c1-3-16(2)20-14-19-7-5-8-21(24(19)15-20)22-13-12-18-11-10-17-6-4-9-23(22)25(17)18;;;/h4-9,12-13,15-16H,3,10-11,14H2,1-2H3;2*1H;/q;;;+2/p-2. The monoisotopic (exact) mass is 484 g/mol. The molecule has 0 aromatic heterocycles. The van der Waals surface area contributed by atoms with Crippen molar-refractivity contribution in [1.82, 2.24) is 0 Å². The number of rotatable bonds is 3. The average Bonchev–Trinajstić information content (AvgIpc) is 3.34. The molecule has 0 N–H and O–H groups in total. The van der Waals surface area contributed by atoms with E-state index in [0.29, 0.717) is 5.92 Å². The quantitative estimate of drug-likeness (QED) is 0.352. The van der Waals surface area contributed by atoms with E-state index in [1.165, 1.54) is 63.4 Å². The van der Waals surface area contributed by atoms with Crippen LogP contribution in [-0.2, 0) is 40.1 Å². The molecule has 0 heterocycles. The van der Waals surface area contributed by atoms with Crippen LogP contribution in [0.1, 0.15) is 42.5 Å². The molecule has 0 amide bonds. The predicted molar refractivity (Wildman–Crippen MR) is 120 cm³/mol. The summed E-state index contributed by atoms with van der Waals surface area (Å²) in [6, 6.07) is 18.4. The van der Waals surface area contributed by atoms with Gasteiger partial charge in [-0.1, -0.05) is 74.0 Å². The molecule has 2 aliphatic carbocycles. The third-order valence-electron chi connectivity index (χ3n) is 6.33. The van der Waals surface area contributed by atoms with Crippen molar-refractivity contribution in [2.75, 3.05) is 0 Å². The molecule has 1 unspecified atom stereocenters. The minimum absolute atomic E-state index is 0.674. The third kappa shape index (κ3) is 3.67. The molecule has 142 valence electrons. The summed E-state index contributed by atoms with van der Waals surface area (Å²) >= 11 is -0.826. The average molecular weight is 487 g/mol. The molecule has 0 fully saturated rings. The zero-order valence-electron chi connectivity index (χ0n) is 16.4. The summed E-state index contributed by atoms with van der Waals surface area (Å²) < 4.78 is 0. The molecule has 3 aromatic rings. The van der Waals surface area contributed by atoms with Crippen molar-refractivity contribution in [3.8, 4) is 11.1 Å². The second kappa shape index (κ2) is 8.87. The second-order valence-electron chi connectivity index (χ2n) is 7.77. The number of fused-ring (bicyclic) bond motifs is 1. The van der Waals surface area contributed by atoms with Crippen molar-refractivity contribution in [2.45, 2.75) is 39.5 Å². The van der Waals surface area contributed by atoms with E-state index < -0.39 is 20.8 Å². The summed E-state index contributed by atoms with van der Waals surface area (Å²) in [5.74, 6) is 0.674. The first-order chi connectivity index (χ1) is 13.7. The van der Waals surface area contributed by atoms with Gasteiger partial charge in [0.15, 0.2) is 0 Å². The van der Waals surface area contributed by atoms with Crippen LogP contribution in [0.25, 0.3) is 28.0 Å². The van der Waals surface area contributed by atoms with E-state index >= 15 is 0 Å². The van der Waals surface area contributed by atoms with Crippen molar-refractivity contribution < 1.29 is 20.8 Å². The molecule has 0 nitrogen and oxygen atoms in total. The Labute approximate surface area is 186 Å². The molecular formula is C25H24Cl2Zr. The number of halogens is 2. The van der Waals surface area contributed by atoms with Crippen LogP contribution in [0.3, 0.4) is 0 Å². The summed E-state index contributed by atoms with van der Waals surface area (Å²) in [6.07, 6.45) is 7.21. The van der Waals surface area contributed by atoms with Crippen LogP contribution in [0.15, 0.2) is 54.1 Å². The maximum absolute atomic E-state index is 4.93. The summed E-state index contributed by atoms with van der Waals surface area (Å²) in [4.78, 5) is 0. The van der Waals surface area contributed by atoms with Crippen LogP contribution in [0.2, 0.25) is 0 Å². The van der Waals surface area contributed by atoms with Gasteiger partial charge in [-0.05, 0) is 75.8 Å². The van der Waals surface area contributed by atoms with E-state index in [1.807, 2.05) is 0 Å². The van der Waals surface area contributed by atoms with Gasteiger partial charge in [0, 0.05) is 0 Å². The first-order valence-electron chi connectivity index (χ1n) is 10.00. The molecule has 0 radical (unpaired) electrons. The maximum atomic E-state index is 4.93. The van der Waals surface area contributed by atoms with Crippen LogP contribution in [0, 0.1) is 5.92 Å². The van der Waals surface area contributed by atoms with E-state index in [4.69, 9.17) is 17.0 Å². The van der Waals surface area contributed by atoms with E-state index in [0.717, 1.165) is 6.42 Å². The van der Waals surface area contributed by atoms with Crippen LogP contribution in [0.4, 0.5) is 0 Å². The Kier molecular flexibility index (Phi) is 6.46.